The molecule has 0 saturated carbocycles. The SMILES string of the molecule is COC(=O)N1CCC(c2noc(-c3ccc4cn(C5CCN(C)C5=O)nc4c3)n2)CC1. The molecule has 5 rings (SSSR count). The van der Waals surface area contributed by atoms with Crippen molar-refractivity contribution < 1.29 is 18.8 Å². The van der Waals surface area contributed by atoms with Crippen molar-refractivity contribution in [3.63, 3.8) is 0 Å². The lowest BCUT2D eigenvalue weighted by Gasteiger charge is -2.29. The van der Waals surface area contributed by atoms with Crippen LogP contribution in [0, 0.1) is 0 Å². The molecular formula is C21H24N6O4. The van der Waals surface area contributed by atoms with E-state index >= 15 is 0 Å². The van der Waals surface area contributed by atoms with Crippen LogP contribution in [0.3, 0.4) is 0 Å². The summed E-state index contributed by atoms with van der Waals surface area (Å²) < 4.78 is 12.1. The number of likely N-dealkylation sites (N-methyl/N-ethyl adjacent to an activating group) is 1. The Hall–Kier alpha value is -3.43. The van der Waals surface area contributed by atoms with Crippen LogP contribution in [-0.2, 0) is 9.53 Å². The van der Waals surface area contributed by atoms with Crippen LogP contribution in [0.4, 0.5) is 4.79 Å². The highest BCUT2D eigenvalue weighted by atomic mass is 16.5. The summed E-state index contributed by atoms with van der Waals surface area (Å²) in [4.78, 5) is 32.0. The van der Waals surface area contributed by atoms with Gasteiger partial charge in [0.1, 0.15) is 6.04 Å². The summed E-state index contributed by atoms with van der Waals surface area (Å²) in [6.07, 6.45) is 3.90. The first-order chi connectivity index (χ1) is 15.0. The molecule has 2 amide bonds. The molecule has 1 aromatic carbocycles. The van der Waals surface area contributed by atoms with Gasteiger partial charge < -0.3 is 19.1 Å². The van der Waals surface area contributed by atoms with Crippen molar-refractivity contribution in [3.8, 4) is 11.5 Å². The Balaban J connectivity index is 1.33. The second kappa shape index (κ2) is 7.68. The Morgan fingerprint density at radius 3 is 2.71 bits per heavy atom. The molecule has 2 aliphatic rings. The van der Waals surface area contributed by atoms with E-state index in [4.69, 9.17) is 9.26 Å². The lowest BCUT2D eigenvalue weighted by atomic mass is 9.96. The van der Waals surface area contributed by atoms with Gasteiger partial charge in [0.15, 0.2) is 5.82 Å². The Bertz CT molecular complexity index is 1130. The molecule has 1 unspecified atom stereocenters. The van der Waals surface area contributed by atoms with Gasteiger partial charge in [-0.3, -0.25) is 9.48 Å². The minimum absolute atomic E-state index is 0.0906. The van der Waals surface area contributed by atoms with Crippen LogP contribution >= 0.6 is 0 Å². The second-order valence-corrected chi connectivity index (χ2v) is 8.14. The molecule has 31 heavy (non-hydrogen) atoms. The summed E-state index contributed by atoms with van der Waals surface area (Å²) in [6, 6.07) is 5.54. The Labute approximate surface area is 178 Å². The molecule has 0 bridgehead atoms. The number of benzene rings is 1. The van der Waals surface area contributed by atoms with Crippen LogP contribution in [0.2, 0.25) is 0 Å². The molecule has 2 fully saturated rings. The van der Waals surface area contributed by atoms with Crippen LogP contribution in [0.5, 0.6) is 0 Å². The average molecular weight is 424 g/mol. The molecule has 0 spiro atoms. The van der Waals surface area contributed by atoms with Gasteiger partial charge in [0.25, 0.3) is 5.89 Å². The number of nitrogens with zero attached hydrogens (tertiary/aromatic N) is 6. The first-order valence-electron chi connectivity index (χ1n) is 10.4. The molecule has 3 aromatic rings. The molecule has 10 nitrogen and oxygen atoms in total. The van der Waals surface area contributed by atoms with Gasteiger partial charge in [-0.2, -0.15) is 10.1 Å². The van der Waals surface area contributed by atoms with Crippen LogP contribution in [0.15, 0.2) is 28.9 Å². The van der Waals surface area contributed by atoms with Crippen molar-refractivity contribution >= 4 is 22.9 Å². The number of hydrogen-bond acceptors (Lipinski definition) is 7. The number of piperidine rings is 1. The number of carbonyl (C=O) groups excluding carboxylic acids is 2. The minimum Gasteiger partial charge on any atom is -0.453 e. The normalized spacial score (nSPS) is 20.1. The maximum absolute atomic E-state index is 12.3. The van der Waals surface area contributed by atoms with Crippen molar-refractivity contribution in [1.29, 1.82) is 0 Å². The predicted molar refractivity (Wildman–Crippen MR) is 110 cm³/mol. The molecule has 0 radical (unpaired) electrons. The van der Waals surface area contributed by atoms with Gasteiger partial charge in [-0.05, 0) is 31.4 Å². The maximum Gasteiger partial charge on any atom is 0.409 e. The van der Waals surface area contributed by atoms with Crippen molar-refractivity contribution in [1.82, 2.24) is 29.7 Å². The fraction of sp³-hybridized carbons (Fsp3) is 0.476. The van der Waals surface area contributed by atoms with E-state index in [1.165, 1.54) is 7.11 Å². The molecule has 1 atom stereocenters. The second-order valence-electron chi connectivity index (χ2n) is 8.14. The smallest absolute Gasteiger partial charge is 0.409 e. The number of ether oxygens (including phenoxy) is 1. The van der Waals surface area contributed by atoms with Gasteiger partial charge in [-0.25, -0.2) is 4.79 Å². The summed E-state index contributed by atoms with van der Waals surface area (Å²) in [6.45, 7) is 1.97. The van der Waals surface area contributed by atoms with E-state index in [2.05, 4.69) is 15.2 Å². The number of likely N-dealkylation sites (tertiary alicyclic amines) is 2. The highest BCUT2D eigenvalue weighted by molar-refractivity contribution is 5.85. The Kier molecular flexibility index (Phi) is 4.84. The molecule has 10 heteroatoms. The zero-order valence-electron chi connectivity index (χ0n) is 17.5. The van der Waals surface area contributed by atoms with Crippen LogP contribution in [-0.4, -0.2) is 75.5 Å². The predicted octanol–water partition coefficient (Wildman–Crippen LogP) is 2.44. The Morgan fingerprint density at radius 1 is 1.19 bits per heavy atom. The lowest BCUT2D eigenvalue weighted by Crippen LogP contribution is -2.37. The van der Waals surface area contributed by atoms with E-state index in [0.29, 0.717) is 24.8 Å². The molecule has 4 heterocycles. The lowest BCUT2D eigenvalue weighted by molar-refractivity contribution is -0.129. The van der Waals surface area contributed by atoms with Crippen molar-refractivity contribution in [2.45, 2.75) is 31.2 Å². The summed E-state index contributed by atoms with van der Waals surface area (Å²) in [5.41, 5.74) is 1.57. The monoisotopic (exact) mass is 424 g/mol. The fourth-order valence-electron chi connectivity index (χ4n) is 4.34. The van der Waals surface area contributed by atoms with E-state index in [9.17, 15) is 9.59 Å². The highest BCUT2D eigenvalue weighted by Gasteiger charge is 2.31. The van der Waals surface area contributed by atoms with E-state index in [-0.39, 0.29) is 24.0 Å². The number of methoxy groups -OCH3 is 1. The van der Waals surface area contributed by atoms with E-state index in [0.717, 1.165) is 42.3 Å². The summed E-state index contributed by atoms with van der Waals surface area (Å²) in [5.74, 6) is 1.34. The standard InChI is InChI=1S/C21H24N6O4/c1-25-8-7-17(20(25)28)27-12-15-4-3-14(11-16(15)23-27)19-22-18(24-31-19)13-5-9-26(10-6-13)21(29)30-2/h3-4,11-13,17H,5-10H2,1-2H3. The van der Waals surface area contributed by atoms with Crippen molar-refractivity contribution in [3.05, 3.63) is 30.2 Å². The maximum atomic E-state index is 12.3. The molecular weight excluding hydrogens is 400 g/mol. The van der Waals surface area contributed by atoms with Gasteiger partial charge in [0.2, 0.25) is 5.91 Å². The summed E-state index contributed by atoms with van der Waals surface area (Å²) in [7, 11) is 3.21. The number of aromatic nitrogens is 4. The zero-order chi connectivity index (χ0) is 21.5. The number of rotatable bonds is 3. The summed E-state index contributed by atoms with van der Waals surface area (Å²) in [5, 5.41) is 9.76. The van der Waals surface area contributed by atoms with Crippen molar-refractivity contribution in [2.75, 3.05) is 33.8 Å². The van der Waals surface area contributed by atoms with Gasteiger partial charge in [0, 0.05) is 49.7 Å². The molecule has 0 N–H and O–H groups in total. The quantitative estimate of drug-likeness (QED) is 0.636. The highest BCUT2D eigenvalue weighted by Crippen LogP contribution is 2.30. The van der Waals surface area contributed by atoms with E-state index in [1.54, 1.807) is 14.5 Å². The average Bonchev–Trinajstić information content (AvgIpc) is 3.52. The van der Waals surface area contributed by atoms with Gasteiger partial charge in [-0.15, -0.1) is 0 Å². The van der Waals surface area contributed by atoms with Crippen LogP contribution in [0.25, 0.3) is 22.4 Å². The number of fused-ring (bicyclic) bond motifs is 1. The number of carbonyl (C=O) groups is 2. The van der Waals surface area contributed by atoms with E-state index in [1.807, 2.05) is 31.4 Å². The number of hydrogen-bond donors (Lipinski definition) is 0. The third-order valence-corrected chi connectivity index (χ3v) is 6.23. The molecule has 2 saturated heterocycles. The third kappa shape index (κ3) is 3.51. The summed E-state index contributed by atoms with van der Waals surface area (Å²) >= 11 is 0. The van der Waals surface area contributed by atoms with Crippen LogP contribution in [0.1, 0.15) is 37.0 Å². The topological polar surface area (TPSA) is 107 Å². The van der Waals surface area contributed by atoms with E-state index < -0.39 is 0 Å². The third-order valence-electron chi connectivity index (χ3n) is 6.23. The van der Waals surface area contributed by atoms with Gasteiger partial charge in [0.05, 0.1) is 12.6 Å². The van der Waals surface area contributed by atoms with Gasteiger partial charge >= 0.3 is 6.09 Å². The molecule has 162 valence electrons. The fourth-order valence-corrected chi connectivity index (χ4v) is 4.34. The first kappa shape index (κ1) is 19.5. The molecule has 2 aliphatic heterocycles. The van der Waals surface area contributed by atoms with Gasteiger partial charge in [-0.1, -0.05) is 11.2 Å². The number of amides is 2. The largest absolute Gasteiger partial charge is 0.453 e. The molecule has 2 aromatic heterocycles. The minimum atomic E-state index is -0.300. The first-order valence-corrected chi connectivity index (χ1v) is 10.4. The van der Waals surface area contributed by atoms with Crippen LogP contribution < -0.4 is 0 Å². The van der Waals surface area contributed by atoms with Crippen molar-refractivity contribution in [2.24, 2.45) is 0 Å². The Morgan fingerprint density at radius 2 is 2.00 bits per heavy atom. The molecule has 0 aliphatic carbocycles. The zero-order valence-corrected chi connectivity index (χ0v) is 17.5.